The highest BCUT2D eigenvalue weighted by Crippen LogP contribution is 2.30. The summed E-state index contributed by atoms with van der Waals surface area (Å²) in [5.74, 6) is 0. The Morgan fingerprint density at radius 2 is 1.00 bits per heavy atom. The molecule has 86 valence electrons. The van der Waals surface area contributed by atoms with Gasteiger partial charge in [0, 0.05) is 16.1 Å². The molecule has 0 N–H and O–H groups in total. The van der Waals surface area contributed by atoms with Crippen molar-refractivity contribution in [1.29, 1.82) is 0 Å². The lowest BCUT2D eigenvalue weighted by Gasteiger charge is -2.30. The maximum absolute atomic E-state index is 6.08. The third kappa shape index (κ3) is 7.39. The molecule has 0 fully saturated rings. The Morgan fingerprint density at radius 3 is 1.14 bits per heavy atom. The third-order valence-corrected chi connectivity index (χ3v) is 8.36. The van der Waals surface area contributed by atoms with Crippen LogP contribution in [0.4, 0.5) is 0 Å². The van der Waals surface area contributed by atoms with Gasteiger partial charge in [-0.15, -0.1) is 34.8 Å². The van der Waals surface area contributed by atoms with Crippen LogP contribution in [-0.2, 0) is 0 Å². The largest absolute Gasteiger partial charge is 0.124 e. The van der Waals surface area contributed by atoms with Gasteiger partial charge < -0.3 is 0 Å². The topological polar surface area (TPSA) is 0 Å². The zero-order valence-electron chi connectivity index (χ0n) is 9.49. The number of hydrogen-bond acceptors (Lipinski definition) is 0. The van der Waals surface area contributed by atoms with E-state index in [1.54, 1.807) is 0 Å². The highest BCUT2D eigenvalue weighted by molar-refractivity contribution is 6.80. The maximum Gasteiger partial charge on any atom is 0.0547 e. The third-order valence-electron chi connectivity index (χ3n) is 2.32. The molecule has 0 radical (unpaired) electrons. The Labute approximate surface area is 104 Å². The van der Waals surface area contributed by atoms with Gasteiger partial charge in [-0.3, -0.25) is 0 Å². The van der Waals surface area contributed by atoms with Crippen molar-refractivity contribution in [2.75, 3.05) is 0 Å². The van der Waals surface area contributed by atoms with Gasteiger partial charge in [-0.2, -0.15) is 0 Å². The van der Waals surface area contributed by atoms with Crippen molar-refractivity contribution in [2.24, 2.45) is 0 Å². The normalized spacial score (nSPS) is 22.5. The lowest BCUT2D eigenvalue weighted by Crippen LogP contribution is -2.36. The minimum atomic E-state index is -1.33. The zero-order valence-corrected chi connectivity index (χ0v) is 12.8. The molecule has 0 rings (SSSR count). The maximum atomic E-state index is 6.08. The van der Waals surface area contributed by atoms with Crippen LogP contribution in [0.5, 0.6) is 0 Å². The summed E-state index contributed by atoms with van der Waals surface area (Å²) in [5, 5.41) is 0.743. The van der Waals surface area contributed by atoms with E-state index in [9.17, 15) is 0 Å². The van der Waals surface area contributed by atoms with E-state index in [0.29, 0.717) is 0 Å². The van der Waals surface area contributed by atoms with Crippen LogP contribution in [-0.4, -0.2) is 24.2 Å². The van der Waals surface area contributed by atoms with Crippen LogP contribution in [0.3, 0.4) is 0 Å². The van der Waals surface area contributed by atoms with Crippen LogP contribution in [0.15, 0.2) is 0 Å². The van der Waals surface area contributed by atoms with Gasteiger partial charge in [0.1, 0.15) is 0 Å². The van der Waals surface area contributed by atoms with Crippen molar-refractivity contribution in [1.82, 2.24) is 0 Å². The van der Waals surface area contributed by atoms with Crippen molar-refractivity contribution < 1.29 is 0 Å². The Bertz CT molecular complexity index is 131. The van der Waals surface area contributed by atoms with Gasteiger partial charge in [-0.25, -0.2) is 0 Å². The predicted molar refractivity (Wildman–Crippen MR) is 72.0 cm³/mol. The van der Waals surface area contributed by atoms with Gasteiger partial charge in [0.25, 0.3) is 0 Å². The van der Waals surface area contributed by atoms with Crippen molar-refractivity contribution in [3.05, 3.63) is 0 Å². The molecule has 0 aromatic heterocycles. The van der Waals surface area contributed by atoms with Gasteiger partial charge in [-0.1, -0.05) is 6.55 Å². The summed E-state index contributed by atoms with van der Waals surface area (Å²) >= 11 is 18.2. The second-order valence-corrected chi connectivity index (χ2v) is 11.8. The molecule has 0 aliphatic carbocycles. The van der Waals surface area contributed by atoms with Gasteiger partial charge in [0.15, 0.2) is 0 Å². The van der Waals surface area contributed by atoms with Crippen molar-refractivity contribution in [3.63, 3.8) is 0 Å². The van der Waals surface area contributed by atoms with E-state index in [2.05, 4.69) is 27.3 Å². The lowest BCUT2D eigenvalue weighted by atomic mass is 10.5. The molecule has 0 aromatic rings. The van der Waals surface area contributed by atoms with Crippen molar-refractivity contribution >= 4 is 42.9 Å². The first-order chi connectivity index (χ1) is 6.25. The number of halogens is 3. The molecule has 0 aliphatic heterocycles. The molecular formula is C10H21Cl3Si. The molecule has 0 aromatic carbocycles. The van der Waals surface area contributed by atoms with E-state index in [1.165, 1.54) is 0 Å². The summed E-state index contributed by atoms with van der Waals surface area (Å²) in [6.45, 7) is 8.55. The number of alkyl halides is 3. The molecular weight excluding hydrogens is 255 g/mol. The molecule has 0 spiro atoms. The first-order valence-corrected chi connectivity index (χ1v) is 9.60. The summed E-state index contributed by atoms with van der Waals surface area (Å²) in [6, 6.07) is 3.34. The molecule has 0 saturated heterocycles. The van der Waals surface area contributed by atoms with Gasteiger partial charge in [0.2, 0.25) is 0 Å². The van der Waals surface area contributed by atoms with Gasteiger partial charge in [-0.05, 0) is 38.9 Å². The zero-order chi connectivity index (χ0) is 11.4. The minimum absolute atomic E-state index is 0.248. The van der Waals surface area contributed by atoms with Crippen LogP contribution in [0.25, 0.3) is 0 Å². The van der Waals surface area contributed by atoms with E-state index >= 15 is 0 Å². The molecule has 4 heteroatoms. The molecule has 3 unspecified atom stereocenters. The van der Waals surface area contributed by atoms with E-state index < -0.39 is 8.07 Å². The molecule has 0 bridgehead atoms. The standard InChI is InChI=1S/C10H21Cl3Si/c1-8(11)5-14(4,6-9(2)12)7-10(3)13/h8-10H,5-7H2,1-4H3. The molecule has 0 nitrogen and oxygen atoms in total. The first kappa shape index (κ1) is 15.1. The van der Waals surface area contributed by atoms with Crippen LogP contribution >= 0.6 is 34.8 Å². The Kier molecular flexibility index (Phi) is 7.14. The molecule has 0 amide bonds. The van der Waals surface area contributed by atoms with Crippen molar-refractivity contribution in [3.8, 4) is 0 Å². The first-order valence-electron chi connectivity index (χ1n) is 5.17. The fourth-order valence-electron chi connectivity index (χ4n) is 2.29. The highest BCUT2D eigenvalue weighted by atomic mass is 35.5. The second-order valence-electron chi connectivity index (χ2n) is 4.77. The SMILES string of the molecule is CC(Cl)C[Si](C)(CC(C)Cl)CC(C)Cl. The van der Waals surface area contributed by atoms with Crippen LogP contribution in [0, 0.1) is 0 Å². The van der Waals surface area contributed by atoms with E-state index in [0.717, 1.165) is 18.1 Å². The van der Waals surface area contributed by atoms with Crippen LogP contribution in [0.1, 0.15) is 20.8 Å². The molecule has 0 heterocycles. The summed E-state index contributed by atoms with van der Waals surface area (Å²) in [5.41, 5.74) is 0. The molecule has 0 aliphatic rings. The number of hydrogen-bond donors (Lipinski definition) is 0. The fraction of sp³-hybridized carbons (Fsp3) is 1.00. The summed E-state index contributed by atoms with van der Waals surface area (Å²) < 4.78 is 0. The van der Waals surface area contributed by atoms with E-state index in [1.807, 2.05) is 0 Å². The summed E-state index contributed by atoms with van der Waals surface area (Å²) in [7, 11) is -1.33. The Morgan fingerprint density at radius 1 is 0.786 bits per heavy atom. The average Bonchev–Trinajstić information content (AvgIpc) is 1.76. The highest BCUT2D eigenvalue weighted by Gasteiger charge is 2.31. The molecule has 0 saturated carbocycles. The van der Waals surface area contributed by atoms with E-state index in [-0.39, 0.29) is 16.1 Å². The fourth-order valence-corrected chi connectivity index (χ4v) is 10.2. The van der Waals surface area contributed by atoms with Crippen LogP contribution < -0.4 is 0 Å². The summed E-state index contributed by atoms with van der Waals surface area (Å²) in [4.78, 5) is 0. The molecule has 14 heavy (non-hydrogen) atoms. The second kappa shape index (κ2) is 6.62. The van der Waals surface area contributed by atoms with Crippen molar-refractivity contribution in [2.45, 2.75) is 61.6 Å². The van der Waals surface area contributed by atoms with E-state index in [4.69, 9.17) is 34.8 Å². The Hall–Kier alpha value is 1.09. The summed E-state index contributed by atoms with van der Waals surface area (Å²) in [6.07, 6.45) is 0. The quantitative estimate of drug-likeness (QED) is 0.475. The van der Waals surface area contributed by atoms with Crippen LogP contribution in [0.2, 0.25) is 24.7 Å². The average molecular weight is 276 g/mol. The van der Waals surface area contributed by atoms with Gasteiger partial charge >= 0.3 is 0 Å². The minimum Gasteiger partial charge on any atom is -0.124 e. The predicted octanol–water partition coefficient (Wildman–Crippen LogP) is 4.95. The number of rotatable bonds is 6. The lowest BCUT2D eigenvalue weighted by molar-refractivity contribution is 0.938. The monoisotopic (exact) mass is 274 g/mol. The molecule has 3 atom stereocenters. The smallest absolute Gasteiger partial charge is 0.0547 e. The Balaban J connectivity index is 4.32. The van der Waals surface area contributed by atoms with Gasteiger partial charge in [0.05, 0.1) is 8.07 Å².